The zero-order valence-corrected chi connectivity index (χ0v) is 15.0. The summed E-state index contributed by atoms with van der Waals surface area (Å²) >= 11 is 2.14. The van der Waals surface area contributed by atoms with E-state index in [0.29, 0.717) is 24.7 Å². The predicted octanol–water partition coefficient (Wildman–Crippen LogP) is 2.78. The molecule has 1 fully saturated rings. The van der Waals surface area contributed by atoms with E-state index in [9.17, 15) is 9.59 Å². The molecule has 0 atom stereocenters. The van der Waals surface area contributed by atoms with Crippen LogP contribution in [0.1, 0.15) is 12.5 Å². The van der Waals surface area contributed by atoms with E-state index in [1.54, 1.807) is 18.2 Å². The first kappa shape index (κ1) is 17.3. The molecule has 6 nitrogen and oxygen atoms in total. The zero-order valence-electron chi connectivity index (χ0n) is 12.9. The van der Waals surface area contributed by atoms with Gasteiger partial charge in [0, 0.05) is 7.05 Å². The van der Waals surface area contributed by atoms with Crippen LogP contribution in [0.5, 0.6) is 11.5 Å². The number of halogens is 1. The molecule has 1 saturated heterocycles. The molecule has 0 bridgehead atoms. The molecule has 122 valence electrons. The number of rotatable bonds is 6. The molecule has 1 aliphatic rings. The summed E-state index contributed by atoms with van der Waals surface area (Å²) in [6.45, 7) is 6.37. The smallest absolute Gasteiger partial charge is 0.328 e. The lowest BCUT2D eigenvalue weighted by atomic mass is 10.1. The summed E-state index contributed by atoms with van der Waals surface area (Å²) in [6, 6.07) is 3.19. The average Bonchev–Trinajstić information content (AvgIpc) is 2.74. The van der Waals surface area contributed by atoms with E-state index in [4.69, 9.17) is 9.47 Å². The number of urea groups is 1. The highest BCUT2D eigenvalue weighted by molar-refractivity contribution is 14.1. The number of carbonyl (C=O) groups is 2. The molecule has 0 aromatic heterocycles. The number of carbonyl (C=O) groups excluding carboxylic acids is 2. The second kappa shape index (κ2) is 7.49. The first-order chi connectivity index (χ1) is 11.0. The summed E-state index contributed by atoms with van der Waals surface area (Å²) in [5.41, 5.74) is 0.971. The molecular formula is C16H17IN2O4. The number of likely N-dealkylation sites (N-methyl/N-ethyl adjacent to an activating group) is 1. The Morgan fingerprint density at radius 3 is 2.65 bits per heavy atom. The number of hydrogen-bond donors (Lipinski definition) is 1. The number of ether oxygens (including phenoxy) is 2. The van der Waals surface area contributed by atoms with Gasteiger partial charge in [0.1, 0.15) is 12.3 Å². The van der Waals surface area contributed by atoms with Gasteiger partial charge < -0.3 is 14.8 Å². The fraction of sp³-hybridized carbons (Fsp3) is 0.250. The van der Waals surface area contributed by atoms with Gasteiger partial charge in [-0.05, 0) is 53.3 Å². The molecular weight excluding hydrogens is 411 g/mol. The summed E-state index contributed by atoms with van der Waals surface area (Å²) in [6.07, 6.45) is 3.27. The lowest BCUT2D eigenvalue weighted by molar-refractivity contribution is -0.121. The van der Waals surface area contributed by atoms with Crippen molar-refractivity contribution in [2.45, 2.75) is 6.92 Å². The second-order valence-corrected chi connectivity index (χ2v) is 5.88. The minimum Gasteiger partial charge on any atom is -0.490 e. The summed E-state index contributed by atoms with van der Waals surface area (Å²) in [4.78, 5) is 24.5. The van der Waals surface area contributed by atoms with Crippen molar-refractivity contribution in [2.75, 3.05) is 20.3 Å². The summed E-state index contributed by atoms with van der Waals surface area (Å²) in [7, 11) is 1.43. The summed E-state index contributed by atoms with van der Waals surface area (Å²) < 4.78 is 12.1. The highest BCUT2D eigenvalue weighted by Gasteiger charge is 2.30. The molecule has 0 unspecified atom stereocenters. The van der Waals surface area contributed by atoms with E-state index >= 15 is 0 Å². The van der Waals surface area contributed by atoms with Crippen LogP contribution in [0.3, 0.4) is 0 Å². The topological polar surface area (TPSA) is 67.9 Å². The Hall–Kier alpha value is -2.03. The van der Waals surface area contributed by atoms with E-state index in [2.05, 4.69) is 34.5 Å². The molecule has 1 aromatic rings. The van der Waals surface area contributed by atoms with Gasteiger partial charge in [0.2, 0.25) is 0 Å². The molecule has 2 rings (SSSR count). The van der Waals surface area contributed by atoms with Gasteiger partial charge in [0.05, 0.1) is 10.2 Å². The molecule has 1 heterocycles. The fourth-order valence-corrected chi connectivity index (χ4v) is 2.79. The lowest BCUT2D eigenvalue weighted by Crippen LogP contribution is -2.25. The fourth-order valence-electron chi connectivity index (χ4n) is 2.01. The Morgan fingerprint density at radius 1 is 1.35 bits per heavy atom. The van der Waals surface area contributed by atoms with Crippen LogP contribution in [0.2, 0.25) is 0 Å². The molecule has 7 heteroatoms. The van der Waals surface area contributed by atoms with Crippen molar-refractivity contribution >= 4 is 40.6 Å². The van der Waals surface area contributed by atoms with Gasteiger partial charge in [-0.3, -0.25) is 9.69 Å². The van der Waals surface area contributed by atoms with Gasteiger partial charge in [0.25, 0.3) is 5.91 Å². The van der Waals surface area contributed by atoms with Gasteiger partial charge in [-0.25, -0.2) is 4.79 Å². The van der Waals surface area contributed by atoms with Crippen LogP contribution in [0, 0.1) is 3.57 Å². The average molecular weight is 428 g/mol. The van der Waals surface area contributed by atoms with Crippen molar-refractivity contribution in [1.82, 2.24) is 10.2 Å². The molecule has 1 N–H and O–H groups in total. The van der Waals surface area contributed by atoms with E-state index in [1.165, 1.54) is 7.05 Å². The van der Waals surface area contributed by atoms with E-state index in [0.717, 1.165) is 14.0 Å². The van der Waals surface area contributed by atoms with Crippen molar-refractivity contribution in [3.63, 3.8) is 0 Å². The van der Waals surface area contributed by atoms with Crippen molar-refractivity contribution in [1.29, 1.82) is 0 Å². The Labute approximate surface area is 148 Å². The minimum absolute atomic E-state index is 0.232. The zero-order chi connectivity index (χ0) is 17.0. The minimum atomic E-state index is -0.438. The Bertz CT molecular complexity index is 685. The first-order valence-corrected chi connectivity index (χ1v) is 8.06. The van der Waals surface area contributed by atoms with Crippen LogP contribution in [-0.4, -0.2) is 37.1 Å². The quantitative estimate of drug-likeness (QED) is 0.328. The van der Waals surface area contributed by atoms with Crippen molar-refractivity contribution in [3.8, 4) is 11.5 Å². The maximum atomic E-state index is 11.9. The predicted molar refractivity (Wildman–Crippen MR) is 95.3 cm³/mol. The summed E-state index contributed by atoms with van der Waals surface area (Å²) in [5.74, 6) is 0.849. The normalized spacial score (nSPS) is 15.8. The van der Waals surface area contributed by atoms with Gasteiger partial charge in [-0.15, -0.1) is 0 Å². The van der Waals surface area contributed by atoms with Crippen LogP contribution >= 0.6 is 22.6 Å². The highest BCUT2D eigenvalue weighted by Crippen LogP contribution is 2.35. The van der Waals surface area contributed by atoms with Crippen LogP contribution < -0.4 is 14.8 Å². The summed E-state index contributed by atoms with van der Waals surface area (Å²) in [5, 5.41) is 2.53. The maximum Gasteiger partial charge on any atom is 0.328 e. The monoisotopic (exact) mass is 428 g/mol. The number of imide groups is 1. The van der Waals surface area contributed by atoms with Gasteiger partial charge in [-0.2, -0.15) is 0 Å². The molecule has 0 spiro atoms. The molecule has 0 radical (unpaired) electrons. The highest BCUT2D eigenvalue weighted by atomic mass is 127. The Kier molecular flexibility index (Phi) is 5.64. The number of hydrogen-bond acceptors (Lipinski definition) is 4. The molecule has 1 aliphatic heterocycles. The Morgan fingerprint density at radius 2 is 2.09 bits per heavy atom. The van der Waals surface area contributed by atoms with E-state index < -0.39 is 6.03 Å². The van der Waals surface area contributed by atoms with Crippen molar-refractivity contribution in [3.05, 3.63) is 39.6 Å². The van der Waals surface area contributed by atoms with Crippen LogP contribution in [-0.2, 0) is 4.79 Å². The third-order valence-electron chi connectivity index (χ3n) is 3.07. The first-order valence-electron chi connectivity index (χ1n) is 6.98. The van der Waals surface area contributed by atoms with Crippen molar-refractivity contribution in [2.24, 2.45) is 0 Å². The largest absolute Gasteiger partial charge is 0.490 e. The molecule has 1 aromatic carbocycles. The van der Waals surface area contributed by atoms with E-state index in [-0.39, 0.29) is 11.6 Å². The number of benzene rings is 1. The van der Waals surface area contributed by atoms with Crippen LogP contribution in [0.4, 0.5) is 4.79 Å². The number of nitrogens with one attached hydrogen (secondary N) is 1. The third-order valence-corrected chi connectivity index (χ3v) is 3.87. The van der Waals surface area contributed by atoms with Crippen LogP contribution in [0.25, 0.3) is 6.08 Å². The molecule has 3 amide bonds. The maximum absolute atomic E-state index is 11.9. The molecule has 0 saturated carbocycles. The number of nitrogens with zero attached hydrogens (tertiary/aromatic N) is 1. The second-order valence-electron chi connectivity index (χ2n) is 4.72. The SMILES string of the molecule is C=CCOc1c(I)cc(/C=C2/NC(=O)N(C)C2=O)cc1OCC. The Balaban J connectivity index is 2.39. The molecule has 23 heavy (non-hydrogen) atoms. The van der Waals surface area contributed by atoms with E-state index in [1.807, 2.05) is 13.0 Å². The van der Waals surface area contributed by atoms with Gasteiger partial charge in [0.15, 0.2) is 11.5 Å². The van der Waals surface area contributed by atoms with Gasteiger partial charge in [-0.1, -0.05) is 12.7 Å². The van der Waals surface area contributed by atoms with Crippen LogP contribution in [0.15, 0.2) is 30.5 Å². The standard InChI is InChI=1S/C16H17IN2O4/c1-4-6-23-14-11(17)7-10(9-13(14)22-5-2)8-12-15(20)19(3)16(21)18-12/h4,7-9H,1,5-6H2,2-3H3,(H,18,21)/b12-8+. The van der Waals surface area contributed by atoms with Gasteiger partial charge >= 0.3 is 6.03 Å². The number of amides is 3. The lowest BCUT2D eigenvalue weighted by Gasteiger charge is -2.13. The van der Waals surface area contributed by atoms with Crippen molar-refractivity contribution < 1.29 is 19.1 Å². The molecule has 0 aliphatic carbocycles. The third kappa shape index (κ3) is 3.84.